The third kappa shape index (κ3) is 4.90. The highest BCUT2D eigenvalue weighted by molar-refractivity contribution is 5.99. The summed E-state index contributed by atoms with van der Waals surface area (Å²) >= 11 is 0. The maximum absolute atomic E-state index is 13.1. The van der Waals surface area contributed by atoms with Crippen LogP contribution in [0.25, 0.3) is 0 Å². The molecule has 1 aliphatic heterocycles. The first-order chi connectivity index (χ1) is 14.9. The van der Waals surface area contributed by atoms with E-state index in [0.29, 0.717) is 49.8 Å². The number of hydrogen-bond donors (Lipinski definition) is 0. The Morgan fingerprint density at radius 3 is 2.35 bits per heavy atom. The predicted octanol–water partition coefficient (Wildman–Crippen LogP) is 4.26. The van der Waals surface area contributed by atoms with E-state index in [9.17, 15) is 24.1 Å². The Balaban J connectivity index is 1.44. The van der Waals surface area contributed by atoms with Gasteiger partial charge in [-0.1, -0.05) is 0 Å². The van der Waals surface area contributed by atoms with Crippen LogP contribution >= 0.6 is 0 Å². The van der Waals surface area contributed by atoms with Crippen LogP contribution in [0.1, 0.15) is 46.4 Å². The first-order valence-electron chi connectivity index (χ1n) is 10.4. The Bertz CT molecular complexity index is 996. The lowest BCUT2D eigenvalue weighted by atomic mass is 9.88. The van der Waals surface area contributed by atoms with Crippen molar-refractivity contribution in [1.29, 1.82) is 0 Å². The van der Waals surface area contributed by atoms with Crippen molar-refractivity contribution >= 4 is 17.4 Å². The molecular formula is C23H23FN2O5. The van der Waals surface area contributed by atoms with Crippen molar-refractivity contribution in [1.82, 2.24) is 4.90 Å². The second-order valence-corrected chi connectivity index (χ2v) is 8.13. The van der Waals surface area contributed by atoms with Crippen LogP contribution in [-0.2, 0) is 0 Å². The van der Waals surface area contributed by atoms with E-state index in [-0.39, 0.29) is 28.9 Å². The number of amides is 1. The maximum Gasteiger partial charge on any atom is 0.270 e. The summed E-state index contributed by atoms with van der Waals surface area (Å²) in [5.41, 5.74) is 0.474. The van der Waals surface area contributed by atoms with E-state index in [1.54, 1.807) is 4.90 Å². The number of piperidine rings is 1. The fourth-order valence-electron chi connectivity index (χ4n) is 3.78. The molecule has 2 aromatic rings. The summed E-state index contributed by atoms with van der Waals surface area (Å²) in [6.07, 6.45) is 3.14. The average Bonchev–Trinajstić information content (AvgIpc) is 3.62. The number of Topliss-reactive ketones (excluding diaryl/α,β-unsaturated/α-hetero) is 1. The molecule has 4 rings (SSSR count). The van der Waals surface area contributed by atoms with E-state index in [0.717, 1.165) is 12.8 Å². The number of ether oxygens (including phenoxy) is 1. The van der Waals surface area contributed by atoms with Crippen molar-refractivity contribution in [3.63, 3.8) is 0 Å². The lowest BCUT2D eigenvalue weighted by Crippen LogP contribution is -2.40. The van der Waals surface area contributed by atoms with Gasteiger partial charge in [0.1, 0.15) is 11.6 Å². The van der Waals surface area contributed by atoms with Crippen LogP contribution < -0.4 is 4.74 Å². The van der Waals surface area contributed by atoms with Gasteiger partial charge in [-0.3, -0.25) is 19.7 Å². The Labute approximate surface area is 179 Å². The summed E-state index contributed by atoms with van der Waals surface area (Å²) in [4.78, 5) is 38.1. The number of ketones is 1. The van der Waals surface area contributed by atoms with Crippen molar-refractivity contribution in [2.45, 2.75) is 25.7 Å². The number of hydrogen-bond acceptors (Lipinski definition) is 5. The third-order valence-electron chi connectivity index (χ3n) is 5.86. The van der Waals surface area contributed by atoms with Crippen LogP contribution in [0.15, 0.2) is 42.5 Å². The molecule has 0 bridgehead atoms. The zero-order valence-electron chi connectivity index (χ0n) is 17.0. The van der Waals surface area contributed by atoms with Crippen molar-refractivity contribution < 1.29 is 23.6 Å². The van der Waals surface area contributed by atoms with E-state index in [1.807, 2.05) is 0 Å². The number of nitro benzene ring substituents is 1. The highest BCUT2D eigenvalue weighted by atomic mass is 19.1. The van der Waals surface area contributed by atoms with Crippen LogP contribution in [0.2, 0.25) is 0 Å². The Kier molecular flexibility index (Phi) is 5.97. The minimum absolute atomic E-state index is 0.0593. The van der Waals surface area contributed by atoms with Crippen LogP contribution in [0.4, 0.5) is 10.1 Å². The fraction of sp³-hybridized carbons (Fsp3) is 0.391. The quantitative estimate of drug-likeness (QED) is 0.375. The van der Waals surface area contributed by atoms with Gasteiger partial charge < -0.3 is 9.64 Å². The molecule has 0 unspecified atom stereocenters. The molecule has 0 radical (unpaired) electrons. The number of non-ortho nitro benzene ring substituents is 1. The predicted molar refractivity (Wildman–Crippen MR) is 111 cm³/mol. The fourth-order valence-corrected chi connectivity index (χ4v) is 3.78. The average molecular weight is 426 g/mol. The molecule has 0 N–H and O–H groups in total. The molecule has 8 heteroatoms. The molecule has 1 saturated heterocycles. The van der Waals surface area contributed by atoms with Crippen molar-refractivity contribution in [3.05, 3.63) is 69.5 Å². The third-order valence-corrected chi connectivity index (χ3v) is 5.86. The summed E-state index contributed by atoms with van der Waals surface area (Å²) in [5.74, 6) is -0.199. The number of carbonyl (C=O) groups is 2. The van der Waals surface area contributed by atoms with Crippen LogP contribution in [0.5, 0.6) is 5.75 Å². The number of nitro groups is 1. The Hall–Kier alpha value is -3.29. The van der Waals surface area contributed by atoms with E-state index in [2.05, 4.69) is 0 Å². The maximum atomic E-state index is 13.1. The summed E-state index contributed by atoms with van der Waals surface area (Å²) in [7, 11) is 0. The van der Waals surface area contributed by atoms with Crippen molar-refractivity contribution in [3.8, 4) is 5.75 Å². The normalized spacial score (nSPS) is 16.7. The largest absolute Gasteiger partial charge is 0.492 e. The van der Waals surface area contributed by atoms with Gasteiger partial charge in [-0.15, -0.1) is 0 Å². The highest BCUT2D eigenvalue weighted by Gasteiger charge is 2.31. The topological polar surface area (TPSA) is 89.8 Å². The molecule has 7 nitrogen and oxygen atoms in total. The van der Waals surface area contributed by atoms with E-state index < -0.39 is 10.7 Å². The minimum Gasteiger partial charge on any atom is -0.492 e. The molecule has 162 valence electrons. The summed E-state index contributed by atoms with van der Waals surface area (Å²) in [6.45, 7) is 1.22. The molecule has 1 aliphatic carbocycles. The number of carbonyl (C=O) groups excluding carboxylic acids is 2. The van der Waals surface area contributed by atoms with E-state index in [1.165, 1.54) is 42.5 Å². The molecule has 0 spiro atoms. The number of benzene rings is 2. The zero-order chi connectivity index (χ0) is 22.0. The molecule has 1 amide bonds. The second-order valence-electron chi connectivity index (χ2n) is 8.13. The van der Waals surface area contributed by atoms with Gasteiger partial charge in [0.25, 0.3) is 11.6 Å². The Morgan fingerprint density at radius 2 is 1.74 bits per heavy atom. The number of likely N-dealkylation sites (tertiary alicyclic amines) is 1. The monoisotopic (exact) mass is 426 g/mol. The summed E-state index contributed by atoms with van der Waals surface area (Å²) in [6, 6.07) is 9.56. The van der Waals surface area contributed by atoms with Crippen LogP contribution in [0, 0.1) is 27.8 Å². The molecule has 1 saturated carbocycles. The van der Waals surface area contributed by atoms with Crippen LogP contribution in [0.3, 0.4) is 0 Å². The summed E-state index contributed by atoms with van der Waals surface area (Å²) < 4.78 is 18.9. The molecular weight excluding hydrogens is 403 g/mol. The highest BCUT2D eigenvalue weighted by Crippen LogP contribution is 2.32. The van der Waals surface area contributed by atoms with E-state index in [4.69, 9.17) is 4.74 Å². The minimum atomic E-state index is -0.533. The lowest BCUT2D eigenvalue weighted by Gasteiger charge is -2.31. The standard InChI is InChI=1S/C23H23FN2O5/c24-18-5-3-16(4-6-18)22(27)17-9-11-25(12-10-17)23(28)20-13-19(26(29)30)7-8-21(20)31-14-15-1-2-15/h3-8,13,15,17H,1-2,9-12,14H2. The SMILES string of the molecule is O=C(c1ccc(F)cc1)C1CCN(C(=O)c2cc([N+](=O)[O-])ccc2OCC2CC2)CC1. The molecule has 2 aliphatic rings. The molecule has 2 aromatic carbocycles. The van der Waals surface area contributed by atoms with E-state index >= 15 is 0 Å². The lowest BCUT2D eigenvalue weighted by molar-refractivity contribution is -0.384. The molecule has 2 fully saturated rings. The van der Waals surface area contributed by atoms with Crippen LogP contribution in [-0.4, -0.2) is 41.2 Å². The van der Waals surface area contributed by atoms with Gasteiger partial charge in [0.15, 0.2) is 5.78 Å². The van der Waals surface area contributed by atoms with Crippen molar-refractivity contribution in [2.75, 3.05) is 19.7 Å². The van der Waals surface area contributed by atoms with Crippen molar-refractivity contribution in [2.24, 2.45) is 11.8 Å². The molecule has 31 heavy (non-hydrogen) atoms. The number of nitrogens with zero attached hydrogens (tertiary/aromatic N) is 2. The van der Waals surface area contributed by atoms with Gasteiger partial charge in [0.05, 0.1) is 17.1 Å². The van der Waals surface area contributed by atoms with Gasteiger partial charge in [-0.2, -0.15) is 0 Å². The molecule has 0 atom stereocenters. The summed E-state index contributed by atoms with van der Waals surface area (Å²) in [5, 5.41) is 11.2. The van der Waals surface area contributed by atoms with Gasteiger partial charge in [-0.05, 0) is 61.9 Å². The number of halogens is 1. The molecule has 0 aromatic heterocycles. The van der Waals surface area contributed by atoms with Gasteiger partial charge >= 0.3 is 0 Å². The van der Waals surface area contributed by atoms with Gasteiger partial charge in [-0.25, -0.2) is 4.39 Å². The first-order valence-corrected chi connectivity index (χ1v) is 10.4. The number of rotatable bonds is 7. The first kappa shape index (κ1) is 21.0. The Morgan fingerprint density at radius 1 is 1.06 bits per heavy atom. The van der Waals surface area contributed by atoms with Gasteiger partial charge in [0, 0.05) is 36.7 Å². The van der Waals surface area contributed by atoms with Gasteiger partial charge in [0.2, 0.25) is 0 Å². The zero-order valence-corrected chi connectivity index (χ0v) is 17.0. The second kappa shape index (κ2) is 8.83. The smallest absolute Gasteiger partial charge is 0.270 e. The molecule has 1 heterocycles.